The summed E-state index contributed by atoms with van der Waals surface area (Å²) < 4.78 is 0. The maximum atomic E-state index is 11.6. The number of piperidine rings is 1. The molecule has 1 aromatic heterocycles. The molecule has 0 spiro atoms. The summed E-state index contributed by atoms with van der Waals surface area (Å²) in [6.45, 7) is 1.83. The van der Waals surface area contributed by atoms with Crippen LogP contribution in [0.15, 0.2) is 17.5 Å². The average Bonchev–Trinajstić information content (AvgIpc) is 2.81. The smallest absolute Gasteiger partial charge is 0.261 e. The lowest BCUT2D eigenvalue weighted by molar-refractivity contribution is 0.0952. The van der Waals surface area contributed by atoms with Crippen molar-refractivity contribution in [3.05, 3.63) is 22.4 Å². The normalized spacial score (nSPS) is 21.2. The lowest BCUT2D eigenvalue weighted by Crippen LogP contribution is -2.43. The fraction of sp³-hybridized carbons (Fsp3) is 0.545. The zero-order chi connectivity index (χ0) is 10.5. The third-order valence-electron chi connectivity index (χ3n) is 2.67. The van der Waals surface area contributed by atoms with E-state index in [9.17, 15) is 4.79 Å². The first-order chi connectivity index (χ1) is 7.36. The number of carbonyl (C=O) groups excluding carboxylic acids is 1. The fourth-order valence-corrected chi connectivity index (χ4v) is 2.45. The van der Waals surface area contributed by atoms with Crippen molar-refractivity contribution in [2.24, 2.45) is 0 Å². The molecule has 1 unspecified atom stereocenters. The van der Waals surface area contributed by atoms with Crippen LogP contribution in [0.4, 0.5) is 0 Å². The summed E-state index contributed by atoms with van der Waals surface area (Å²) >= 11 is 1.49. The Hall–Kier alpha value is -0.870. The van der Waals surface area contributed by atoms with Crippen LogP contribution in [0.5, 0.6) is 0 Å². The molecule has 1 saturated heterocycles. The summed E-state index contributed by atoms with van der Waals surface area (Å²) in [6.07, 6.45) is 3.70. The van der Waals surface area contributed by atoms with Gasteiger partial charge in [0.2, 0.25) is 0 Å². The molecule has 1 aromatic rings. The van der Waals surface area contributed by atoms with Gasteiger partial charge in [0.1, 0.15) is 0 Å². The van der Waals surface area contributed by atoms with Crippen LogP contribution >= 0.6 is 11.3 Å². The molecule has 82 valence electrons. The van der Waals surface area contributed by atoms with Crippen molar-refractivity contribution < 1.29 is 4.79 Å². The summed E-state index contributed by atoms with van der Waals surface area (Å²) in [5, 5.41) is 8.30. The van der Waals surface area contributed by atoms with Gasteiger partial charge in [-0.15, -0.1) is 11.3 Å². The molecule has 2 heterocycles. The SMILES string of the molecule is O=C(NCC1CCCCN1)c1cccs1. The van der Waals surface area contributed by atoms with E-state index in [4.69, 9.17) is 0 Å². The highest BCUT2D eigenvalue weighted by Gasteiger charge is 2.14. The lowest BCUT2D eigenvalue weighted by atomic mass is 10.1. The van der Waals surface area contributed by atoms with E-state index in [-0.39, 0.29) is 5.91 Å². The molecular weight excluding hydrogens is 208 g/mol. The first kappa shape index (κ1) is 10.6. The molecular formula is C11H16N2OS. The van der Waals surface area contributed by atoms with Gasteiger partial charge in [0.05, 0.1) is 4.88 Å². The highest BCUT2D eigenvalue weighted by Crippen LogP contribution is 2.09. The van der Waals surface area contributed by atoms with Gasteiger partial charge in [0.15, 0.2) is 0 Å². The van der Waals surface area contributed by atoms with Gasteiger partial charge in [0, 0.05) is 12.6 Å². The Balaban J connectivity index is 1.75. The second kappa shape index (κ2) is 5.28. The predicted octanol–water partition coefficient (Wildman–Crippen LogP) is 1.62. The van der Waals surface area contributed by atoms with Crippen LogP contribution in [0.1, 0.15) is 28.9 Å². The molecule has 1 aliphatic heterocycles. The molecule has 0 aromatic carbocycles. The van der Waals surface area contributed by atoms with E-state index < -0.39 is 0 Å². The largest absolute Gasteiger partial charge is 0.350 e. The molecule has 1 atom stereocenters. The number of nitrogens with one attached hydrogen (secondary N) is 2. The molecule has 1 fully saturated rings. The van der Waals surface area contributed by atoms with Crippen molar-refractivity contribution in [3.63, 3.8) is 0 Å². The van der Waals surface area contributed by atoms with Gasteiger partial charge in [-0.05, 0) is 30.8 Å². The van der Waals surface area contributed by atoms with Crippen molar-refractivity contribution in [2.75, 3.05) is 13.1 Å². The zero-order valence-electron chi connectivity index (χ0n) is 8.66. The Morgan fingerprint density at radius 1 is 1.60 bits per heavy atom. The van der Waals surface area contributed by atoms with E-state index in [1.165, 1.54) is 30.6 Å². The van der Waals surface area contributed by atoms with E-state index in [1.54, 1.807) is 0 Å². The third-order valence-corrected chi connectivity index (χ3v) is 3.53. The minimum atomic E-state index is 0.0531. The molecule has 0 bridgehead atoms. The van der Waals surface area contributed by atoms with Crippen LogP contribution in [0.2, 0.25) is 0 Å². The van der Waals surface area contributed by atoms with Crippen molar-refractivity contribution in [3.8, 4) is 0 Å². The van der Waals surface area contributed by atoms with Gasteiger partial charge in [-0.2, -0.15) is 0 Å². The van der Waals surface area contributed by atoms with Gasteiger partial charge in [-0.3, -0.25) is 4.79 Å². The summed E-state index contributed by atoms with van der Waals surface area (Å²) in [6, 6.07) is 4.22. The van der Waals surface area contributed by atoms with E-state index >= 15 is 0 Å². The minimum absolute atomic E-state index is 0.0531. The van der Waals surface area contributed by atoms with Crippen molar-refractivity contribution >= 4 is 17.2 Å². The van der Waals surface area contributed by atoms with E-state index in [2.05, 4.69) is 10.6 Å². The number of thiophene rings is 1. The number of carbonyl (C=O) groups is 1. The molecule has 2 N–H and O–H groups in total. The van der Waals surface area contributed by atoms with Crippen LogP contribution in [-0.4, -0.2) is 25.0 Å². The first-order valence-corrected chi connectivity index (χ1v) is 6.29. The van der Waals surface area contributed by atoms with Crippen molar-refractivity contribution in [1.29, 1.82) is 0 Å². The van der Waals surface area contributed by atoms with Crippen LogP contribution in [-0.2, 0) is 0 Å². The molecule has 0 radical (unpaired) electrons. The van der Waals surface area contributed by atoms with Crippen LogP contribution < -0.4 is 10.6 Å². The summed E-state index contributed by atoms with van der Waals surface area (Å²) in [5.41, 5.74) is 0. The number of amides is 1. The molecule has 3 nitrogen and oxygen atoms in total. The number of rotatable bonds is 3. The average molecular weight is 224 g/mol. The van der Waals surface area contributed by atoms with Crippen LogP contribution in [0.3, 0.4) is 0 Å². The molecule has 15 heavy (non-hydrogen) atoms. The van der Waals surface area contributed by atoms with E-state index in [0.29, 0.717) is 6.04 Å². The maximum Gasteiger partial charge on any atom is 0.261 e. The molecule has 2 rings (SSSR count). The van der Waals surface area contributed by atoms with Gasteiger partial charge < -0.3 is 10.6 Å². The second-order valence-electron chi connectivity index (χ2n) is 3.83. The Morgan fingerprint density at radius 3 is 3.20 bits per heavy atom. The van der Waals surface area contributed by atoms with Crippen LogP contribution in [0, 0.1) is 0 Å². The van der Waals surface area contributed by atoms with E-state index in [1.807, 2.05) is 17.5 Å². The van der Waals surface area contributed by atoms with Crippen molar-refractivity contribution in [1.82, 2.24) is 10.6 Å². The molecule has 1 amide bonds. The van der Waals surface area contributed by atoms with Gasteiger partial charge >= 0.3 is 0 Å². The molecule has 0 aliphatic carbocycles. The van der Waals surface area contributed by atoms with Gasteiger partial charge in [-0.1, -0.05) is 12.5 Å². The molecule has 0 saturated carbocycles. The second-order valence-corrected chi connectivity index (χ2v) is 4.78. The maximum absolute atomic E-state index is 11.6. The van der Waals surface area contributed by atoms with Gasteiger partial charge in [0.25, 0.3) is 5.91 Å². The van der Waals surface area contributed by atoms with Crippen molar-refractivity contribution in [2.45, 2.75) is 25.3 Å². The van der Waals surface area contributed by atoms with Gasteiger partial charge in [-0.25, -0.2) is 0 Å². The topological polar surface area (TPSA) is 41.1 Å². The number of hydrogen-bond donors (Lipinski definition) is 2. The lowest BCUT2D eigenvalue weighted by Gasteiger charge is -2.23. The summed E-state index contributed by atoms with van der Waals surface area (Å²) in [7, 11) is 0. The zero-order valence-corrected chi connectivity index (χ0v) is 9.48. The summed E-state index contributed by atoms with van der Waals surface area (Å²) in [4.78, 5) is 12.4. The highest BCUT2D eigenvalue weighted by molar-refractivity contribution is 7.12. The number of hydrogen-bond acceptors (Lipinski definition) is 3. The monoisotopic (exact) mass is 224 g/mol. The first-order valence-electron chi connectivity index (χ1n) is 5.41. The summed E-state index contributed by atoms with van der Waals surface area (Å²) in [5.74, 6) is 0.0531. The molecule has 1 aliphatic rings. The Bertz CT molecular complexity index is 304. The molecule has 4 heteroatoms. The minimum Gasteiger partial charge on any atom is -0.350 e. The van der Waals surface area contributed by atoms with E-state index in [0.717, 1.165) is 18.0 Å². The Labute approximate surface area is 93.9 Å². The third kappa shape index (κ3) is 3.04. The van der Waals surface area contributed by atoms with Crippen LogP contribution in [0.25, 0.3) is 0 Å². The Morgan fingerprint density at radius 2 is 2.53 bits per heavy atom. The highest BCUT2D eigenvalue weighted by atomic mass is 32.1. The Kier molecular flexibility index (Phi) is 3.75. The predicted molar refractivity (Wildman–Crippen MR) is 62.3 cm³/mol. The fourth-order valence-electron chi connectivity index (χ4n) is 1.81. The quantitative estimate of drug-likeness (QED) is 0.819. The standard InChI is InChI=1S/C11H16N2OS/c14-11(10-5-3-7-15-10)13-8-9-4-1-2-6-12-9/h3,5,7,9,12H,1-2,4,6,8H2,(H,13,14).